The number of aromatic nitrogens is 3. The molecule has 33 heavy (non-hydrogen) atoms. The number of anilines is 2. The van der Waals surface area contributed by atoms with Crippen LogP contribution in [0.1, 0.15) is 30.2 Å². The molecule has 1 aliphatic heterocycles. The number of pyridine rings is 1. The zero-order valence-electron chi connectivity index (χ0n) is 18.6. The molecule has 0 radical (unpaired) electrons. The Kier molecular flexibility index (Phi) is 7.45. The van der Waals surface area contributed by atoms with E-state index in [9.17, 15) is 4.79 Å². The minimum atomic E-state index is 0.0905. The van der Waals surface area contributed by atoms with Gasteiger partial charge < -0.3 is 0 Å². The molecule has 1 unspecified atom stereocenters. The molecule has 3 heterocycles. The second-order valence-electron chi connectivity index (χ2n) is 8.31. The molecule has 1 aliphatic rings. The summed E-state index contributed by atoms with van der Waals surface area (Å²) >= 11 is 3.73. The van der Waals surface area contributed by atoms with E-state index in [1.54, 1.807) is 19.3 Å². The average Bonchev–Trinajstić information content (AvgIpc) is 3.31. The third-order valence-electron chi connectivity index (χ3n) is 6.04. The van der Waals surface area contributed by atoms with Crippen molar-refractivity contribution in [1.29, 1.82) is 0 Å². The van der Waals surface area contributed by atoms with E-state index in [1.165, 1.54) is 5.56 Å². The van der Waals surface area contributed by atoms with Crippen LogP contribution in [0.25, 0.3) is 11.3 Å². The molecule has 2 aromatic heterocycles. The van der Waals surface area contributed by atoms with Crippen molar-refractivity contribution in [2.45, 2.75) is 26.2 Å². The van der Waals surface area contributed by atoms with Gasteiger partial charge in [0.25, 0.3) is 0 Å². The summed E-state index contributed by atoms with van der Waals surface area (Å²) in [4.78, 5) is 27.6. The van der Waals surface area contributed by atoms with Gasteiger partial charge in [0.15, 0.2) is 0 Å². The Bertz CT molecular complexity index is 1160. The summed E-state index contributed by atoms with van der Waals surface area (Å²) in [5, 5.41) is 0. The summed E-state index contributed by atoms with van der Waals surface area (Å²) in [5.41, 5.74) is 17.5. The van der Waals surface area contributed by atoms with Crippen LogP contribution in [0.4, 0.5) is 11.5 Å². The zero-order chi connectivity index (χ0) is 23.4. The number of rotatable bonds is 8. The molecule has 1 atom stereocenters. The number of hydrogen-bond donors (Lipinski definition) is 2. The van der Waals surface area contributed by atoms with Crippen LogP contribution >= 0.6 is 0 Å². The number of nitrogen functional groups attached to an aromatic ring is 1. The normalized spacial score (nSPS) is 15.6. The van der Waals surface area contributed by atoms with Crippen molar-refractivity contribution in [3.63, 3.8) is 0 Å². The van der Waals surface area contributed by atoms with Gasteiger partial charge in [0.2, 0.25) is 0 Å². The first-order valence-corrected chi connectivity index (χ1v) is 11.8. The van der Waals surface area contributed by atoms with Gasteiger partial charge in [0.1, 0.15) is 0 Å². The standard InChI is InChI=1S/C25H28N6O.Ag/c1-17(32)21-10-13-31(16-21)24-9-12-28-14-20(24)6-7-22-25(27)29-15-23(30-22)19-4-2-18(3-5-19)8-11-26;/h2-5,9,12,14-15,21H,6,8,10-11,13,16,26H2,1H3,(H2,27,29);. The SMILES string of the molecule is CC(=O)C1CCN(c2ccncc2C[C](=[Ag])c2nc(-c3ccc(CCN)cc3)cnc2N)C1. The average molecular weight is 536 g/mol. The van der Waals surface area contributed by atoms with Crippen LogP contribution in [0.2, 0.25) is 0 Å². The van der Waals surface area contributed by atoms with Gasteiger partial charge in [-0.1, -0.05) is 0 Å². The van der Waals surface area contributed by atoms with Crippen molar-refractivity contribution in [2.75, 3.05) is 30.3 Å². The number of benzene rings is 1. The van der Waals surface area contributed by atoms with Crippen LogP contribution in [0.3, 0.4) is 0 Å². The second-order valence-corrected chi connectivity index (χ2v) is 9.20. The van der Waals surface area contributed by atoms with E-state index in [-0.39, 0.29) is 11.7 Å². The number of hydrogen-bond acceptors (Lipinski definition) is 7. The van der Waals surface area contributed by atoms with Gasteiger partial charge in [0, 0.05) is 0 Å². The maximum absolute atomic E-state index is 11.8. The number of nitrogens with two attached hydrogens (primary N) is 2. The first kappa shape index (κ1) is 23.4. The molecule has 0 aliphatic carbocycles. The van der Waals surface area contributed by atoms with Crippen LogP contribution in [-0.2, 0) is 38.2 Å². The molecule has 4 N–H and O–H groups in total. The van der Waals surface area contributed by atoms with Gasteiger partial charge in [-0.25, -0.2) is 0 Å². The van der Waals surface area contributed by atoms with Crippen LogP contribution in [0.15, 0.2) is 48.9 Å². The van der Waals surface area contributed by atoms with Crippen molar-refractivity contribution < 1.29 is 25.4 Å². The van der Waals surface area contributed by atoms with Gasteiger partial charge in [-0.3, -0.25) is 0 Å². The molecule has 3 aromatic rings. The zero-order valence-corrected chi connectivity index (χ0v) is 20.1. The number of carbonyl (C=O) groups is 1. The Morgan fingerprint density at radius 1 is 1.21 bits per heavy atom. The Morgan fingerprint density at radius 2 is 2.00 bits per heavy atom. The fourth-order valence-corrected chi connectivity index (χ4v) is 4.70. The van der Waals surface area contributed by atoms with E-state index in [2.05, 4.69) is 47.6 Å². The molecule has 1 saturated heterocycles. The molecule has 0 spiro atoms. The molecular formula is C25H28AgN6O. The van der Waals surface area contributed by atoms with Crippen molar-refractivity contribution in [1.82, 2.24) is 15.0 Å². The van der Waals surface area contributed by atoms with Crippen LogP contribution in [0.5, 0.6) is 0 Å². The fraction of sp³-hybridized carbons (Fsp3) is 0.320. The predicted molar refractivity (Wildman–Crippen MR) is 128 cm³/mol. The van der Waals surface area contributed by atoms with E-state index in [1.807, 2.05) is 24.4 Å². The van der Waals surface area contributed by atoms with Crippen LogP contribution in [0, 0.1) is 5.92 Å². The molecule has 8 heteroatoms. The van der Waals surface area contributed by atoms with Gasteiger partial charge in [-0.15, -0.1) is 0 Å². The molecular weight excluding hydrogens is 508 g/mol. The monoisotopic (exact) mass is 535 g/mol. The first-order valence-electron chi connectivity index (χ1n) is 11.0. The molecule has 1 aromatic carbocycles. The molecule has 7 nitrogen and oxygen atoms in total. The van der Waals surface area contributed by atoms with E-state index in [4.69, 9.17) is 16.5 Å². The number of ketones is 1. The van der Waals surface area contributed by atoms with Crippen molar-refractivity contribution in [3.05, 3.63) is 65.7 Å². The van der Waals surface area contributed by atoms with Crippen molar-refractivity contribution >= 4 is 21.0 Å². The topological polar surface area (TPSA) is 111 Å². The molecule has 4 rings (SSSR count). The summed E-state index contributed by atoms with van der Waals surface area (Å²) in [5.74, 6) is 0.706. The van der Waals surface area contributed by atoms with Gasteiger partial charge >= 0.3 is 206 Å². The molecule has 1 fully saturated rings. The molecule has 0 amide bonds. The van der Waals surface area contributed by atoms with Crippen molar-refractivity contribution in [3.8, 4) is 11.3 Å². The first-order chi connectivity index (χ1) is 16.0. The number of Topliss-reactive ketones (excluding diaryl/α,β-unsaturated/α-hetero) is 1. The van der Waals surface area contributed by atoms with Gasteiger partial charge in [-0.05, 0) is 0 Å². The summed E-state index contributed by atoms with van der Waals surface area (Å²) in [6.07, 6.45) is 7.64. The Labute approximate surface area is 206 Å². The summed E-state index contributed by atoms with van der Waals surface area (Å²) in [7, 11) is 0. The Balaban J connectivity index is 1.56. The minimum absolute atomic E-state index is 0.0905. The predicted octanol–water partition coefficient (Wildman–Crippen LogP) is 2.35. The van der Waals surface area contributed by atoms with Crippen LogP contribution in [-0.4, -0.2) is 44.1 Å². The van der Waals surface area contributed by atoms with E-state index >= 15 is 0 Å². The van der Waals surface area contributed by atoms with Crippen LogP contribution < -0.4 is 16.4 Å². The van der Waals surface area contributed by atoms with Gasteiger partial charge in [-0.2, -0.15) is 0 Å². The third-order valence-corrected chi connectivity index (χ3v) is 6.65. The summed E-state index contributed by atoms with van der Waals surface area (Å²) in [6.45, 7) is 3.89. The van der Waals surface area contributed by atoms with E-state index in [0.29, 0.717) is 24.5 Å². The molecule has 175 valence electrons. The maximum atomic E-state index is 11.8. The molecule has 0 saturated carbocycles. The molecule has 0 bridgehead atoms. The quantitative estimate of drug-likeness (QED) is 0.426. The van der Waals surface area contributed by atoms with E-state index in [0.717, 1.165) is 52.2 Å². The Morgan fingerprint density at radius 3 is 2.70 bits per heavy atom. The third kappa shape index (κ3) is 5.45. The number of carbonyl (C=O) groups excluding carboxylic acids is 1. The second kappa shape index (κ2) is 10.5. The van der Waals surface area contributed by atoms with Gasteiger partial charge in [0.05, 0.1) is 0 Å². The Hall–Kier alpha value is -2.71. The number of nitrogens with zero attached hydrogens (tertiary/aromatic N) is 4. The fourth-order valence-electron chi connectivity index (χ4n) is 4.14. The van der Waals surface area contributed by atoms with E-state index < -0.39 is 0 Å². The summed E-state index contributed by atoms with van der Waals surface area (Å²) < 4.78 is 0.836. The summed E-state index contributed by atoms with van der Waals surface area (Å²) in [6, 6.07) is 10.2. The van der Waals surface area contributed by atoms with Crippen molar-refractivity contribution in [2.24, 2.45) is 11.7 Å².